The number of aliphatic hydroxyl groups excluding tert-OH is 1. The highest BCUT2D eigenvalue weighted by Gasteiger charge is 2.32. The standard InChI is InChI=1S/C46H53N5O9.C9H19NO2.C3H6.CH4O/c1-7-8-9-29-10-13-31(14-11-29)32-15-17-33(18-16-32)44(55)49-28(2)22-40(52)47-27-42(54)51(3)43-34-19-21-39(59-5)36(25-34)35-23-30(12-20-38(35)58-4)24-37(46(57)60-6)50-41(53)26-48-45(43)56;1-5-6-7-10-8(11)12-9(2,3)4;1-3-2;1-2/h10-21,23,25,28,37,43H,7-9,22,24,26-27H2,1-6H3,(H,47,52)(H,48,56)(H,49,55)(H,50,53);5-7H2,1-4H3,(H,10,11);3H,1H2,2H3;2H,1H3. The minimum absolute atomic E-state index is 0.0883. The van der Waals surface area contributed by atoms with Crippen molar-refractivity contribution >= 4 is 41.6 Å². The number of aliphatic hydroxyl groups is 1. The molecule has 0 radical (unpaired) electrons. The third-order valence-corrected chi connectivity index (χ3v) is 11.6. The van der Waals surface area contributed by atoms with Crippen LogP contribution >= 0.6 is 0 Å². The lowest BCUT2D eigenvalue weighted by molar-refractivity contribution is -0.145. The van der Waals surface area contributed by atoms with Gasteiger partial charge in [-0.05, 0) is 118 Å². The fourth-order valence-electron chi connectivity index (χ4n) is 7.72. The van der Waals surface area contributed by atoms with Gasteiger partial charge in [-0.2, -0.15) is 0 Å². The lowest BCUT2D eigenvalue weighted by Crippen LogP contribution is -2.50. The average Bonchev–Trinajstić information content (AvgIpc) is 3.41. The van der Waals surface area contributed by atoms with Crippen molar-refractivity contribution in [2.45, 2.75) is 117 Å². The van der Waals surface area contributed by atoms with E-state index in [2.05, 4.69) is 71.3 Å². The maximum absolute atomic E-state index is 13.9. The molecule has 4 bridgehead atoms. The minimum Gasteiger partial charge on any atom is -0.496 e. The highest BCUT2D eigenvalue weighted by Crippen LogP contribution is 2.39. The van der Waals surface area contributed by atoms with Crippen LogP contribution in [0.3, 0.4) is 0 Å². The van der Waals surface area contributed by atoms with Gasteiger partial charge in [-0.1, -0.05) is 81.3 Å². The second-order valence-corrected chi connectivity index (χ2v) is 18.9. The summed E-state index contributed by atoms with van der Waals surface area (Å²) in [6, 6.07) is 23.0. The Morgan fingerprint density at radius 3 is 1.96 bits per heavy atom. The zero-order chi connectivity index (χ0) is 57.7. The molecule has 4 aromatic rings. The molecule has 0 saturated carbocycles. The maximum Gasteiger partial charge on any atom is 0.407 e. The van der Waals surface area contributed by atoms with E-state index in [1.54, 1.807) is 61.5 Å². The van der Waals surface area contributed by atoms with E-state index >= 15 is 0 Å². The summed E-state index contributed by atoms with van der Waals surface area (Å²) >= 11 is 0. The molecule has 3 atom stereocenters. The predicted octanol–water partition coefficient (Wildman–Crippen LogP) is 7.65. The van der Waals surface area contributed by atoms with E-state index in [4.69, 9.17) is 24.1 Å². The Bertz CT molecular complexity index is 2540. The summed E-state index contributed by atoms with van der Waals surface area (Å²) in [5.41, 5.74) is 5.55. The van der Waals surface area contributed by atoms with Crippen LogP contribution in [0.2, 0.25) is 0 Å². The summed E-state index contributed by atoms with van der Waals surface area (Å²) in [6.45, 7) is 16.5. The number of esters is 1. The normalized spacial score (nSPS) is 14.1. The number of ether oxygens (including phenoxy) is 4. The smallest absolute Gasteiger partial charge is 0.407 e. The fourth-order valence-corrected chi connectivity index (χ4v) is 7.72. The molecule has 77 heavy (non-hydrogen) atoms. The molecule has 1 heterocycles. The van der Waals surface area contributed by atoms with Gasteiger partial charge < -0.3 is 55.5 Å². The number of nitrogens with zero attached hydrogens (tertiary/aromatic N) is 1. The largest absolute Gasteiger partial charge is 0.496 e. The van der Waals surface area contributed by atoms with Gasteiger partial charge in [0.05, 0.1) is 34.4 Å². The van der Waals surface area contributed by atoms with Crippen molar-refractivity contribution in [1.82, 2.24) is 31.5 Å². The number of carbonyl (C=O) groups excluding carboxylic acids is 7. The molecule has 5 rings (SSSR count). The lowest BCUT2D eigenvalue weighted by atomic mass is 9.94. The number of nitrogens with one attached hydrogen (secondary N) is 5. The van der Waals surface area contributed by atoms with Gasteiger partial charge in [0, 0.05) is 56.3 Å². The second kappa shape index (κ2) is 34.0. The molecule has 3 unspecified atom stereocenters. The molecule has 0 saturated heterocycles. The Kier molecular flexibility index (Phi) is 28.9. The number of methoxy groups -OCH3 is 3. The number of alkyl carbamates (subject to hydrolysis) is 1. The number of allylic oxidation sites excluding steroid dienone is 1. The molecule has 18 heteroatoms. The van der Waals surface area contributed by atoms with E-state index in [1.165, 1.54) is 38.8 Å². The van der Waals surface area contributed by atoms with Crippen LogP contribution in [0, 0.1) is 0 Å². The molecule has 1 aliphatic rings. The van der Waals surface area contributed by atoms with Crippen molar-refractivity contribution in [1.29, 1.82) is 0 Å². The first-order chi connectivity index (χ1) is 36.7. The number of amides is 6. The number of unbranched alkanes of at least 4 members (excludes halogenated alkanes) is 2. The van der Waals surface area contributed by atoms with Crippen LogP contribution in [0.1, 0.15) is 114 Å². The number of hydrogen-bond donors (Lipinski definition) is 6. The molecular weight excluding hydrogens is 985 g/mol. The fraction of sp³-hybridized carbons (Fsp3) is 0.441. The van der Waals surface area contributed by atoms with E-state index in [-0.39, 0.29) is 24.8 Å². The van der Waals surface area contributed by atoms with Crippen molar-refractivity contribution in [2.24, 2.45) is 0 Å². The van der Waals surface area contributed by atoms with Gasteiger partial charge in [0.25, 0.3) is 5.91 Å². The first-order valence-corrected chi connectivity index (χ1v) is 25.7. The van der Waals surface area contributed by atoms with E-state index in [1.807, 2.05) is 39.8 Å². The summed E-state index contributed by atoms with van der Waals surface area (Å²) in [4.78, 5) is 91.5. The first kappa shape index (κ1) is 65.4. The van der Waals surface area contributed by atoms with E-state index < -0.39 is 66.4 Å². The van der Waals surface area contributed by atoms with Gasteiger partial charge >= 0.3 is 12.1 Å². The van der Waals surface area contributed by atoms with E-state index in [0.29, 0.717) is 45.9 Å². The molecule has 6 N–H and O–H groups in total. The average molecular weight is 1070 g/mol. The molecule has 4 aromatic carbocycles. The van der Waals surface area contributed by atoms with Crippen LogP contribution in [0.4, 0.5) is 4.79 Å². The summed E-state index contributed by atoms with van der Waals surface area (Å²) in [7, 11) is 6.63. The number of hydrogen-bond acceptors (Lipinski definition) is 12. The third kappa shape index (κ3) is 22.2. The van der Waals surface area contributed by atoms with Crippen molar-refractivity contribution < 1.29 is 57.6 Å². The second-order valence-electron chi connectivity index (χ2n) is 18.9. The molecule has 0 aromatic heterocycles. The Hall–Kier alpha value is -7.73. The lowest BCUT2D eigenvalue weighted by Gasteiger charge is -2.29. The van der Waals surface area contributed by atoms with Crippen LogP contribution < -0.4 is 36.1 Å². The molecule has 0 fully saturated rings. The first-order valence-electron chi connectivity index (χ1n) is 25.7. The molecule has 1 aliphatic heterocycles. The van der Waals surface area contributed by atoms with Crippen molar-refractivity contribution in [3.63, 3.8) is 0 Å². The molecule has 420 valence electrons. The van der Waals surface area contributed by atoms with Crippen LogP contribution in [0.5, 0.6) is 11.5 Å². The Balaban J connectivity index is 0.00000103. The van der Waals surface area contributed by atoms with Crippen LogP contribution in [-0.2, 0) is 46.3 Å². The summed E-state index contributed by atoms with van der Waals surface area (Å²) in [5.74, 6) is -2.55. The number of fused-ring (bicyclic) bond motifs is 5. The van der Waals surface area contributed by atoms with Crippen LogP contribution in [-0.4, -0.2) is 124 Å². The van der Waals surface area contributed by atoms with E-state index in [9.17, 15) is 33.6 Å². The minimum atomic E-state index is -1.27. The molecular formula is C59H82N6O12. The maximum atomic E-state index is 13.9. The number of aryl methyl sites for hydroxylation is 1. The van der Waals surface area contributed by atoms with Crippen LogP contribution in [0.25, 0.3) is 22.3 Å². The zero-order valence-electron chi connectivity index (χ0n) is 47.1. The number of rotatable bonds is 17. The van der Waals surface area contributed by atoms with Crippen LogP contribution in [0.15, 0.2) is 97.6 Å². The monoisotopic (exact) mass is 1070 g/mol. The molecule has 18 nitrogen and oxygen atoms in total. The summed E-state index contributed by atoms with van der Waals surface area (Å²) < 4.78 is 21.3. The Labute approximate surface area is 455 Å². The number of carbonyl (C=O) groups is 7. The SMILES string of the molecule is C=CC.CCCCNC(=O)OC(C)(C)C.CCCCc1ccc(-c2ccc(C(=O)NC(C)CC(=O)NCC(=O)N(C)C3C(=O)NCC(=O)NC(C(=O)OC)Cc4ccc(OC)c(c4)-c4cc3ccc4OC)cc2)cc1.CO. The van der Waals surface area contributed by atoms with Gasteiger partial charge in [-0.3, -0.25) is 24.0 Å². The molecule has 0 spiro atoms. The predicted molar refractivity (Wildman–Crippen MR) is 299 cm³/mol. The van der Waals surface area contributed by atoms with Crippen molar-refractivity contribution in [2.75, 3.05) is 55.1 Å². The van der Waals surface area contributed by atoms with Gasteiger partial charge in [-0.15, -0.1) is 6.58 Å². The van der Waals surface area contributed by atoms with Gasteiger partial charge in [-0.25, -0.2) is 9.59 Å². The highest BCUT2D eigenvalue weighted by atomic mass is 16.6. The number of benzene rings is 4. The van der Waals surface area contributed by atoms with E-state index in [0.717, 1.165) is 50.3 Å². The quantitative estimate of drug-likeness (QED) is 0.0340. The Morgan fingerprint density at radius 1 is 0.831 bits per heavy atom. The van der Waals surface area contributed by atoms with Crippen molar-refractivity contribution in [3.8, 4) is 33.8 Å². The van der Waals surface area contributed by atoms with Gasteiger partial charge in [0.15, 0.2) is 0 Å². The highest BCUT2D eigenvalue weighted by molar-refractivity contribution is 5.96. The Morgan fingerprint density at radius 2 is 1.40 bits per heavy atom. The molecule has 0 aliphatic carbocycles. The van der Waals surface area contributed by atoms with Gasteiger partial charge in [0.2, 0.25) is 23.6 Å². The topological polar surface area (TPSA) is 240 Å². The zero-order valence-corrected chi connectivity index (χ0v) is 47.1. The van der Waals surface area contributed by atoms with Crippen molar-refractivity contribution in [3.05, 3.63) is 120 Å². The summed E-state index contributed by atoms with van der Waals surface area (Å²) in [5, 5.41) is 20.3. The summed E-state index contributed by atoms with van der Waals surface area (Å²) in [6.07, 6.45) is 6.81. The number of likely N-dealkylation sites (N-methyl/N-ethyl adjacent to an activating group) is 1. The molecule has 6 amide bonds. The third-order valence-electron chi connectivity index (χ3n) is 11.6. The van der Waals surface area contributed by atoms with Gasteiger partial charge in [0.1, 0.15) is 29.2 Å².